The molecule has 43 heavy (non-hydrogen) atoms. The first-order chi connectivity index (χ1) is 20.0. The molecule has 3 aliphatic heterocycles. The molecular formula is C28H38N7OP3S4. The smallest absolute Gasteiger partial charge is 0.205 e. The molecule has 3 rings (SSSR count). The molecule has 0 aliphatic carbocycles. The summed E-state index contributed by atoms with van der Waals surface area (Å²) < 4.78 is 20.5. The molecule has 15 heteroatoms. The minimum atomic E-state index is -2.40. The summed E-state index contributed by atoms with van der Waals surface area (Å²) in [5, 5.41) is -0.172. The summed E-state index contributed by atoms with van der Waals surface area (Å²) in [5.74, 6) is 30.7. The van der Waals surface area contributed by atoms with Gasteiger partial charge in [0.1, 0.15) is 41.4 Å². The van der Waals surface area contributed by atoms with Crippen molar-refractivity contribution in [3.05, 3.63) is 0 Å². The minimum absolute atomic E-state index is 0.172. The second-order valence-corrected chi connectivity index (χ2v) is 26.7. The molecule has 0 amide bonds. The van der Waals surface area contributed by atoms with E-state index in [0.29, 0.717) is 0 Å². The van der Waals surface area contributed by atoms with Crippen LogP contribution in [0.25, 0.3) is 0 Å². The van der Waals surface area contributed by atoms with Crippen molar-refractivity contribution >= 4 is 65.4 Å². The maximum atomic E-state index is 6.17. The van der Waals surface area contributed by atoms with E-state index in [0.717, 1.165) is 0 Å². The molecule has 3 saturated heterocycles. The maximum absolute atomic E-state index is 6.17. The predicted octanol–water partition coefficient (Wildman–Crippen LogP) is 2.35. The first-order valence-corrected chi connectivity index (χ1v) is 22.6. The van der Waals surface area contributed by atoms with E-state index in [2.05, 4.69) is 82.6 Å². The van der Waals surface area contributed by atoms with E-state index in [4.69, 9.17) is 52.8 Å². The van der Waals surface area contributed by atoms with E-state index in [-0.39, 0.29) is 29.4 Å². The topological polar surface area (TPSA) is 31.9 Å². The molecule has 8 nitrogen and oxygen atoms in total. The summed E-state index contributed by atoms with van der Waals surface area (Å²) in [7, 11) is 19.6. The van der Waals surface area contributed by atoms with Gasteiger partial charge in [-0.3, -0.25) is 9.34 Å². The van der Waals surface area contributed by atoms with Crippen molar-refractivity contribution in [2.45, 2.75) is 35.5 Å². The molecule has 0 aromatic carbocycles. The molecule has 3 aliphatic rings. The van der Waals surface area contributed by atoms with Gasteiger partial charge in [-0.2, -0.15) is 0 Å². The Hall–Kier alpha value is -0.660. The summed E-state index contributed by atoms with van der Waals surface area (Å²) in [6.07, 6.45) is 11.2. The number of likely N-dealkylation sites (N-methyl/N-ethyl adjacent to an activating group) is 3. The Balaban J connectivity index is 1.89. The lowest BCUT2D eigenvalue weighted by molar-refractivity contribution is 0.287. The largest absolute Gasteiger partial charge is 0.307 e. The Labute approximate surface area is 279 Å². The summed E-state index contributed by atoms with van der Waals surface area (Å²) in [4.78, 5) is 0. The fourth-order valence-electron chi connectivity index (χ4n) is 4.92. The fourth-order valence-corrected chi connectivity index (χ4v) is 16.7. The number of hydrogen-bond donors (Lipinski definition) is 0. The summed E-state index contributed by atoms with van der Waals surface area (Å²) in [5.41, 5.74) is -2.11. The summed E-state index contributed by atoms with van der Waals surface area (Å²) in [6, 6.07) is -1.02. The monoisotopic (exact) mass is 709 g/mol. The number of nitrogens with zero attached hydrogens (tertiary/aromatic N) is 7. The van der Waals surface area contributed by atoms with Gasteiger partial charge in [-0.05, 0) is 118 Å². The molecule has 0 spiro atoms. The molecule has 0 bridgehead atoms. The van der Waals surface area contributed by atoms with Crippen molar-refractivity contribution < 1.29 is 4.52 Å². The van der Waals surface area contributed by atoms with Crippen LogP contribution in [0.15, 0.2) is 0 Å². The van der Waals surface area contributed by atoms with Gasteiger partial charge in [0.05, 0.1) is 0 Å². The second kappa shape index (κ2) is 14.4. The number of rotatable bonds is 3. The molecular weight excluding hydrogens is 672 g/mol. The van der Waals surface area contributed by atoms with Gasteiger partial charge in [0.2, 0.25) is 6.57 Å². The summed E-state index contributed by atoms with van der Waals surface area (Å²) >= 11 is 19.6. The van der Waals surface area contributed by atoms with Crippen LogP contribution in [0.5, 0.6) is 0 Å². The van der Waals surface area contributed by atoms with E-state index in [9.17, 15) is 0 Å². The molecule has 9 atom stereocenters. The SMILES string of the molecule is C#CC1C(C#CC#CC2C(C#CC#CC3C(C#C)N(C)P(=S)(N(C)C)N3C)SP(=S)(N(C)C)N2C)OP(=S)(N(C)C)N1C. The zero-order chi connectivity index (χ0) is 32.5. The average Bonchev–Trinajstić information content (AvgIpc) is 3.43. The molecule has 230 valence electrons. The Morgan fingerprint density at radius 1 is 0.628 bits per heavy atom. The molecule has 0 N–H and O–H groups in total. The number of terminal acetylenes is 2. The normalized spacial score (nSPS) is 38.3. The van der Waals surface area contributed by atoms with Crippen LogP contribution in [0.1, 0.15) is 0 Å². The van der Waals surface area contributed by atoms with Crippen molar-refractivity contribution in [2.75, 3.05) is 70.5 Å². The van der Waals surface area contributed by atoms with Gasteiger partial charge in [0, 0.05) is 0 Å². The van der Waals surface area contributed by atoms with Crippen LogP contribution in [0.2, 0.25) is 0 Å². The lowest BCUT2D eigenvalue weighted by atomic mass is 10.1. The van der Waals surface area contributed by atoms with Gasteiger partial charge in [0.15, 0.2) is 6.10 Å². The van der Waals surface area contributed by atoms with Crippen LogP contribution in [-0.2, 0) is 39.9 Å². The van der Waals surface area contributed by atoms with Crippen LogP contribution in [0.3, 0.4) is 0 Å². The molecule has 3 fully saturated rings. The molecule has 0 aromatic heterocycles. The number of hydrogen-bond acceptors (Lipinski definition) is 5. The Kier molecular flexibility index (Phi) is 12.3. The van der Waals surface area contributed by atoms with Gasteiger partial charge in [-0.25, -0.2) is 23.4 Å². The van der Waals surface area contributed by atoms with Crippen LogP contribution in [-0.4, -0.2) is 139 Å². The second-order valence-electron chi connectivity index (χ2n) is 10.6. The predicted molar refractivity (Wildman–Crippen MR) is 195 cm³/mol. The van der Waals surface area contributed by atoms with Crippen molar-refractivity contribution in [1.29, 1.82) is 0 Å². The summed E-state index contributed by atoms with van der Waals surface area (Å²) in [6.45, 7) is -4.56. The first-order valence-electron chi connectivity index (χ1n) is 13.1. The standard InChI is InChI=1S/C28H38N7OP3S4/c1-13-23-25(33(10)37(40,29(3)4)32(23)9)19-16-18-22-28-26(35(12)39(42,43-28)31(7)8)20-15-17-21-27-24(14-2)34(11)38(41,36-27)30(5)6/h1-2,23-28H,3-12H3. The fraction of sp³-hybridized carbons (Fsp3) is 0.571. The quantitative estimate of drug-likeness (QED) is 0.319. The van der Waals surface area contributed by atoms with Crippen molar-refractivity contribution in [2.24, 2.45) is 0 Å². The van der Waals surface area contributed by atoms with Gasteiger partial charge < -0.3 is 4.52 Å². The third kappa shape index (κ3) is 6.75. The maximum Gasteiger partial charge on any atom is 0.205 e. The molecule has 0 saturated carbocycles. The highest BCUT2D eigenvalue weighted by Gasteiger charge is 2.49. The van der Waals surface area contributed by atoms with E-state index in [1.165, 1.54) is 0 Å². The van der Waals surface area contributed by atoms with Gasteiger partial charge in [0.25, 0.3) is 0 Å². The minimum Gasteiger partial charge on any atom is -0.307 e. The lowest BCUT2D eigenvalue weighted by Gasteiger charge is -2.35. The van der Waals surface area contributed by atoms with E-state index < -0.39 is 24.7 Å². The van der Waals surface area contributed by atoms with Crippen LogP contribution >= 0.6 is 30.0 Å². The third-order valence-corrected chi connectivity index (χ3v) is 26.5. The van der Waals surface area contributed by atoms with Crippen molar-refractivity contribution in [3.63, 3.8) is 0 Å². The van der Waals surface area contributed by atoms with E-state index in [1.807, 2.05) is 79.8 Å². The highest BCUT2D eigenvalue weighted by Crippen LogP contribution is 2.70. The van der Waals surface area contributed by atoms with E-state index >= 15 is 0 Å². The zero-order valence-corrected chi connectivity index (χ0v) is 32.1. The van der Waals surface area contributed by atoms with Crippen LogP contribution in [0.4, 0.5) is 0 Å². The van der Waals surface area contributed by atoms with Crippen molar-refractivity contribution in [1.82, 2.24) is 32.7 Å². The molecule has 0 aromatic rings. The molecule has 9 unspecified atom stereocenters. The Morgan fingerprint density at radius 2 is 1.14 bits per heavy atom. The van der Waals surface area contributed by atoms with Crippen LogP contribution in [0, 0.1) is 72.1 Å². The Bertz CT molecular complexity index is 1610. The Morgan fingerprint density at radius 3 is 1.65 bits per heavy atom. The van der Waals surface area contributed by atoms with E-state index in [1.54, 1.807) is 11.4 Å². The zero-order valence-electron chi connectivity index (χ0n) is 26.1. The highest BCUT2D eigenvalue weighted by atomic mass is 32.9. The van der Waals surface area contributed by atoms with Crippen LogP contribution < -0.4 is 0 Å². The molecule has 3 heterocycles. The average molecular weight is 710 g/mol. The van der Waals surface area contributed by atoms with Gasteiger partial charge >= 0.3 is 0 Å². The first kappa shape index (κ1) is 36.8. The highest BCUT2D eigenvalue weighted by molar-refractivity contribution is 8.70. The van der Waals surface area contributed by atoms with Crippen molar-refractivity contribution in [3.8, 4) is 72.1 Å². The third-order valence-electron chi connectivity index (χ3n) is 7.47. The van der Waals surface area contributed by atoms with Gasteiger partial charge in [-0.1, -0.05) is 58.7 Å². The molecule has 0 radical (unpaired) electrons. The lowest BCUT2D eigenvalue weighted by Crippen LogP contribution is -2.32. The van der Waals surface area contributed by atoms with Gasteiger partial charge in [-0.15, -0.1) is 12.8 Å².